The van der Waals surface area contributed by atoms with Gasteiger partial charge < -0.3 is 10.6 Å². The Morgan fingerprint density at radius 1 is 1.39 bits per heavy atom. The van der Waals surface area contributed by atoms with Crippen molar-refractivity contribution in [3.05, 3.63) is 0 Å². The second-order valence-corrected chi connectivity index (χ2v) is 5.21. The van der Waals surface area contributed by atoms with Crippen molar-refractivity contribution in [3.8, 4) is 0 Å². The first-order chi connectivity index (χ1) is 8.26. The Labute approximate surface area is 106 Å². The number of halogens is 3. The predicted octanol–water partition coefficient (Wildman–Crippen LogP) is 2.16. The van der Waals surface area contributed by atoms with Crippen LogP contribution in [0.25, 0.3) is 0 Å². The van der Waals surface area contributed by atoms with Crippen LogP contribution in [-0.4, -0.2) is 36.1 Å². The summed E-state index contributed by atoms with van der Waals surface area (Å²) in [7, 11) is 0. The third-order valence-electron chi connectivity index (χ3n) is 3.54. The maximum atomic E-state index is 12.5. The van der Waals surface area contributed by atoms with Gasteiger partial charge in [0.25, 0.3) is 0 Å². The predicted molar refractivity (Wildman–Crippen MR) is 62.8 cm³/mol. The Bertz CT molecular complexity index is 292. The summed E-state index contributed by atoms with van der Waals surface area (Å²) in [5.41, 5.74) is 5.57. The number of hydrogen-bond donors (Lipinski definition) is 1. The summed E-state index contributed by atoms with van der Waals surface area (Å²) in [4.78, 5) is 13.1. The van der Waals surface area contributed by atoms with Gasteiger partial charge in [-0.2, -0.15) is 13.2 Å². The van der Waals surface area contributed by atoms with Gasteiger partial charge in [-0.3, -0.25) is 4.79 Å². The number of amides is 1. The van der Waals surface area contributed by atoms with E-state index < -0.39 is 24.7 Å². The Balaban J connectivity index is 2.76. The normalized spacial score (nSPS) is 24.6. The second-order valence-electron chi connectivity index (χ2n) is 5.21. The molecule has 0 spiro atoms. The first kappa shape index (κ1) is 15.3. The molecule has 0 aromatic heterocycles. The summed E-state index contributed by atoms with van der Waals surface area (Å²) in [6, 6.07) is -0.446. The minimum absolute atomic E-state index is 0.0342. The SMILES string of the molecule is CC(C)N(CC(F)(F)F)C(=O)C1CCCC1CN. The quantitative estimate of drug-likeness (QED) is 0.847. The monoisotopic (exact) mass is 266 g/mol. The molecule has 18 heavy (non-hydrogen) atoms. The molecular formula is C12H21F3N2O. The Morgan fingerprint density at radius 3 is 2.44 bits per heavy atom. The maximum absolute atomic E-state index is 12.5. The number of nitrogens with two attached hydrogens (primary N) is 1. The third kappa shape index (κ3) is 3.86. The van der Waals surface area contributed by atoms with Crippen LogP contribution in [0.1, 0.15) is 33.1 Å². The van der Waals surface area contributed by atoms with E-state index in [0.717, 1.165) is 17.7 Å². The molecule has 0 bridgehead atoms. The van der Waals surface area contributed by atoms with Crippen molar-refractivity contribution in [1.29, 1.82) is 0 Å². The zero-order chi connectivity index (χ0) is 13.9. The van der Waals surface area contributed by atoms with Crippen LogP contribution in [0, 0.1) is 11.8 Å². The fourth-order valence-corrected chi connectivity index (χ4v) is 2.57. The molecule has 1 saturated carbocycles. The Kier molecular flexibility index (Phi) is 5.01. The van der Waals surface area contributed by atoms with Gasteiger partial charge in [-0.25, -0.2) is 0 Å². The zero-order valence-corrected chi connectivity index (χ0v) is 10.8. The fraction of sp³-hybridized carbons (Fsp3) is 0.917. The maximum Gasteiger partial charge on any atom is 0.406 e. The third-order valence-corrected chi connectivity index (χ3v) is 3.54. The van der Waals surface area contributed by atoms with Gasteiger partial charge in [0.05, 0.1) is 0 Å². The van der Waals surface area contributed by atoms with Crippen molar-refractivity contribution in [1.82, 2.24) is 4.90 Å². The van der Waals surface area contributed by atoms with E-state index >= 15 is 0 Å². The summed E-state index contributed by atoms with van der Waals surface area (Å²) >= 11 is 0. The van der Waals surface area contributed by atoms with Crippen molar-refractivity contribution in [2.75, 3.05) is 13.1 Å². The van der Waals surface area contributed by atoms with Crippen molar-refractivity contribution >= 4 is 5.91 Å². The highest BCUT2D eigenvalue weighted by atomic mass is 19.4. The summed E-state index contributed by atoms with van der Waals surface area (Å²) in [6.07, 6.45) is -1.99. The molecule has 1 aliphatic rings. The molecule has 0 aromatic rings. The van der Waals surface area contributed by atoms with Crippen molar-refractivity contribution in [2.24, 2.45) is 17.6 Å². The minimum Gasteiger partial charge on any atom is -0.331 e. The highest BCUT2D eigenvalue weighted by Gasteiger charge is 2.40. The lowest BCUT2D eigenvalue weighted by Crippen LogP contribution is -2.47. The van der Waals surface area contributed by atoms with Crippen LogP contribution >= 0.6 is 0 Å². The lowest BCUT2D eigenvalue weighted by atomic mass is 9.94. The van der Waals surface area contributed by atoms with E-state index in [9.17, 15) is 18.0 Å². The molecule has 1 fully saturated rings. The highest BCUT2D eigenvalue weighted by Crippen LogP contribution is 2.33. The second kappa shape index (κ2) is 5.91. The number of hydrogen-bond acceptors (Lipinski definition) is 2. The van der Waals surface area contributed by atoms with Gasteiger partial charge >= 0.3 is 6.18 Å². The lowest BCUT2D eigenvalue weighted by Gasteiger charge is -2.31. The molecule has 6 heteroatoms. The number of nitrogens with zero attached hydrogens (tertiary/aromatic N) is 1. The van der Waals surface area contributed by atoms with Gasteiger partial charge in [-0.05, 0) is 39.2 Å². The van der Waals surface area contributed by atoms with Crippen LogP contribution in [0.4, 0.5) is 13.2 Å². The zero-order valence-electron chi connectivity index (χ0n) is 10.8. The van der Waals surface area contributed by atoms with E-state index in [4.69, 9.17) is 5.73 Å². The molecule has 2 atom stereocenters. The van der Waals surface area contributed by atoms with Gasteiger partial charge in [-0.1, -0.05) is 6.42 Å². The van der Waals surface area contributed by atoms with Crippen molar-refractivity contribution in [2.45, 2.75) is 45.3 Å². The molecule has 0 aliphatic heterocycles. The molecule has 2 N–H and O–H groups in total. The number of carbonyl (C=O) groups is 1. The van der Waals surface area contributed by atoms with Crippen LogP contribution in [0.5, 0.6) is 0 Å². The van der Waals surface area contributed by atoms with Crippen LogP contribution in [0.3, 0.4) is 0 Å². The lowest BCUT2D eigenvalue weighted by molar-refractivity contribution is -0.167. The molecule has 2 unspecified atom stereocenters. The van der Waals surface area contributed by atoms with Gasteiger partial charge in [0, 0.05) is 12.0 Å². The van der Waals surface area contributed by atoms with E-state index in [1.54, 1.807) is 13.8 Å². The molecule has 0 radical (unpaired) electrons. The summed E-state index contributed by atoms with van der Waals surface area (Å²) in [5.74, 6) is -0.693. The molecule has 1 amide bonds. The molecule has 0 heterocycles. The summed E-state index contributed by atoms with van der Waals surface area (Å²) < 4.78 is 37.4. The van der Waals surface area contributed by atoms with Crippen LogP contribution in [-0.2, 0) is 4.79 Å². The Hall–Kier alpha value is -0.780. The Morgan fingerprint density at radius 2 is 2.00 bits per heavy atom. The molecular weight excluding hydrogens is 245 g/mol. The van der Waals surface area contributed by atoms with Gasteiger partial charge in [0.15, 0.2) is 0 Å². The molecule has 0 saturated heterocycles. The first-order valence-electron chi connectivity index (χ1n) is 6.33. The first-order valence-corrected chi connectivity index (χ1v) is 6.33. The number of rotatable bonds is 4. The molecule has 1 aliphatic carbocycles. The summed E-state index contributed by atoms with van der Waals surface area (Å²) in [6.45, 7) is 2.41. The number of carbonyl (C=O) groups excluding carboxylic acids is 1. The average Bonchev–Trinajstić information content (AvgIpc) is 2.71. The van der Waals surface area contributed by atoms with E-state index in [0.29, 0.717) is 13.0 Å². The van der Waals surface area contributed by atoms with E-state index in [1.165, 1.54) is 0 Å². The standard InChI is InChI=1S/C12H21F3N2O/c1-8(2)17(7-12(13,14)15)11(18)10-5-3-4-9(10)6-16/h8-10H,3-7,16H2,1-2H3. The summed E-state index contributed by atoms with van der Waals surface area (Å²) in [5, 5.41) is 0. The van der Waals surface area contributed by atoms with Crippen molar-refractivity contribution in [3.63, 3.8) is 0 Å². The van der Waals surface area contributed by atoms with E-state index in [2.05, 4.69) is 0 Å². The molecule has 106 valence electrons. The van der Waals surface area contributed by atoms with Gasteiger partial charge in [0.2, 0.25) is 5.91 Å². The van der Waals surface area contributed by atoms with Crippen LogP contribution in [0.2, 0.25) is 0 Å². The molecule has 1 rings (SSSR count). The molecule has 3 nitrogen and oxygen atoms in total. The van der Waals surface area contributed by atoms with E-state index in [-0.39, 0.29) is 11.8 Å². The highest BCUT2D eigenvalue weighted by molar-refractivity contribution is 5.79. The largest absolute Gasteiger partial charge is 0.406 e. The average molecular weight is 266 g/mol. The smallest absolute Gasteiger partial charge is 0.331 e. The van der Waals surface area contributed by atoms with Gasteiger partial charge in [-0.15, -0.1) is 0 Å². The van der Waals surface area contributed by atoms with Gasteiger partial charge in [0.1, 0.15) is 6.54 Å². The minimum atomic E-state index is -4.35. The van der Waals surface area contributed by atoms with Crippen molar-refractivity contribution < 1.29 is 18.0 Å². The van der Waals surface area contributed by atoms with E-state index in [1.807, 2.05) is 0 Å². The van der Waals surface area contributed by atoms with Crippen LogP contribution < -0.4 is 5.73 Å². The van der Waals surface area contributed by atoms with Crippen LogP contribution in [0.15, 0.2) is 0 Å². The topological polar surface area (TPSA) is 46.3 Å². The number of alkyl halides is 3. The molecule has 0 aromatic carbocycles. The fourth-order valence-electron chi connectivity index (χ4n) is 2.57.